The molecule has 5 rings (SSSR count). The maximum absolute atomic E-state index is 14.6. The van der Waals surface area contributed by atoms with Gasteiger partial charge in [0, 0.05) is 23.7 Å². The zero-order valence-electron chi connectivity index (χ0n) is 20.4. The second-order valence-corrected chi connectivity index (χ2v) is 9.58. The summed E-state index contributed by atoms with van der Waals surface area (Å²) >= 11 is 5.79. The van der Waals surface area contributed by atoms with Gasteiger partial charge in [0.25, 0.3) is 5.56 Å². The molecular weight excluding hydrogens is 540 g/mol. The number of nitrogens with zero attached hydrogens (tertiary/aromatic N) is 5. The maximum Gasteiger partial charge on any atom is 0.333 e. The number of alkyl halides is 2. The Bertz CT molecular complexity index is 1620. The van der Waals surface area contributed by atoms with Crippen molar-refractivity contribution >= 4 is 23.2 Å². The van der Waals surface area contributed by atoms with Crippen molar-refractivity contribution in [3.63, 3.8) is 0 Å². The molecule has 4 heterocycles. The van der Waals surface area contributed by atoms with Crippen molar-refractivity contribution in [2.45, 2.75) is 38.8 Å². The Morgan fingerprint density at radius 1 is 1.10 bits per heavy atom. The number of amides is 1. The Labute approximate surface area is 224 Å². The summed E-state index contributed by atoms with van der Waals surface area (Å²) < 4.78 is 58.3. The van der Waals surface area contributed by atoms with E-state index in [4.69, 9.17) is 11.6 Å². The van der Waals surface area contributed by atoms with Crippen LogP contribution in [0.1, 0.15) is 44.5 Å². The predicted octanol–water partition coefficient (Wildman–Crippen LogP) is 5.84. The molecule has 8 nitrogen and oxygen atoms in total. The van der Waals surface area contributed by atoms with Crippen LogP contribution in [-0.4, -0.2) is 30.2 Å². The molecule has 0 saturated carbocycles. The first-order chi connectivity index (χ1) is 18.7. The highest BCUT2D eigenvalue weighted by Gasteiger charge is 2.26. The number of carbonyl (C=O) groups is 1. The van der Waals surface area contributed by atoms with Crippen LogP contribution in [0, 0.1) is 17.6 Å². The zero-order valence-corrected chi connectivity index (χ0v) is 21.2. The van der Waals surface area contributed by atoms with Gasteiger partial charge in [-0.1, -0.05) is 24.9 Å². The van der Waals surface area contributed by atoms with Gasteiger partial charge in [-0.25, -0.2) is 18.4 Å². The monoisotopic (exact) mass is 560 g/mol. The third-order valence-electron chi connectivity index (χ3n) is 6.67. The van der Waals surface area contributed by atoms with E-state index in [0.29, 0.717) is 35.2 Å². The van der Waals surface area contributed by atoms with Crippen LogP contribution in [0.5, 0.6) is 0 Å². The van der Waals surface area contributed by atoms with Crippen LogP contribution in [0.15, 0.2) is 53.8 Å². The van der Waals surface area contributed by atoms with Gasteiger partial charge in [0.1, 0.15) is 5.82 Å². The Balaban J connectivity index is 1.63. The Kier molecular flexibility index (Phi) is 7.21. The highest BCUT2D eigenvalue weighted by atomic mass is 35.5. The number of rotatable bonds is 3. The molecule has 0 unspecified atom stereocenters. The number of hydrogen-bond acceptors (Lipinski definition) is 5. The van der Waals surface area contributed by atoms with E-state index < -0.39 is 41.3 Å². The number of fused-ring (bicyclic) bond motifs is 4. The SMILES string of the molecule is C[C@@H]1CCC[C@H](n2cnc(-c3c(F)ccc(Cl)c3F)cc2=O)c2cc(ccn2)-c2c(cnn2C(F)F)NC1=O. The minimum absolute atomic E-state index is 0.0127. The highest BCUT2D eigenvalue weighted by molar-refractivity contribution is 6.31. The van der Waals surface area contributed by atoms with Crippen molar-refractivity contribution in [2.24, 2.45) is 5.92 Å². The molecule has 0 fully saturated rings. The summed E-state index contributed by atoms with van der Waals surface area (Å²) in [4.78, 5) is 34.5. The minimum Gasteiger partial charge on any atom is -0.323 e. The van der Waals surface area contributed by atoms with E-state index in [2.05, 4.69) is 20.4 Å². The van der Waals surface area contributed by atoms with Gasteiger partial charge in [0.05, 0.1) is 51.9 Å². The number of nitrogens with one attached hydrogen (secondary N) is 1. The summed E-state index contributed by atoms with van der Waals surface area (Å²) in [6.45, 7) is -1.27. The molecular formula is C26H21ClF4N6O2. The van der Waals surface area contributed by atoms with Crippen molar-refractivity contribution in [1.29, 1.82) is 0 Å². The third kappa shape index (κ3) is 5.03. The molecule has 2 bridgehead atoms. The number of hydrogen-bond donors (Lipinski definition) is 1. The van der Waals surface area contributed by atoms with E-state index in [-0.39, 0.29) is 28.0 Å². The standard InChI is InChI=1S/C26H21ClF4N6O2/c1-13-3-2-4-20(36-12-33-18(10-21(36)38)22-16(28)6-5-15(27)23(22)29)17-9-14(7-8-32-17)24-19(35-25(13)39)11-34-37(24)26(30)31/h5-13,20,26H,2-4H2,1H3,(H,35,39)/t13-,20+/m1/s1. The number of halogens is 5. The molecule has 0 aliphatic carbocycles. The van der Waals surface area contributed by atoms with Gasteiger partial charge in [-0.2, -0.15) is 13.9 Å². The first-order valence-electron chi connectivity index (χ1n) is 12.0. The van der Waals surface area contributed by atoms with Crippen molar-refractivity contribution in [2.75, 3.05) is 5.32 Å². The number of anilines is 1. The molecule has 13 heteroatoms. The van der Waals surface area contributed by atoms with E-state index in [0.717, 1.165) is 30.7 Å². The molecule has 39 heavy (non-hydrogen) atoms. The van der Waals surface area contributed by atoms with Crippen molar-refractivity contribution < 1.29 is 22.4 Å². The highest BCUT2D eigenvalue weighted by Crippen LogP contribution is 2.35. The lowest BCUT2D eigenvalue weighted by atomic mass is 9.97. The van der Waals surface area contributed by atoms with Crippen LogP contribution in [0.2, 0.25) is 5.02 Å². The summed E-state index contributed by atoms with van der Waals surface area (Å²) in [6, 6.07) is 5.36. The molecule has 0 radical (unpaired) electrons. The molecule has 1 aromatic carbocycles. The van der Waals surface area contributed by atoms with E-state index >= 15 is 0 Å². The largest absolute Gasteiger partial charge is 0.333 e. The lowest BCUT2D eigenvalue weighted by Gasteiger charge is -2.22. The number of carbonyl (C=O) groups excluding carboxylic acids is 1. The Hall–Kier alpha value is -4.06. The smallest absolute Gasteiger partial charge is 0.323 e. The van der Waals surface area contributed by atoms with Gasteiger partial charge in [-0.05, 0) is 37.1 Å². The average Bonchev–Trinajstić information content (AvgIpc) is 3.33. The zero-order chi connectivity index (χ0) is 27.8. The van der Waals surface area contributed by atoms with Gasteiger partial charge in [-0.15, -0.1) is 0 Å². The topological polar surface area (TPSA) is 94.7 Å². The fourth-order valence-electron chi connectivity index (χ4n) is 4.64. The number of pyridine rings is 1. The van der Waals surface area contributed by atoms with Crippen molar-refractivity contribution in [1.82, 2.24) is 24.3 Å². The number of benzene rings is 1. The van der Waals surface area contributed by atoms with Crippen molar-refractivity contribution in [3.8, 4) is 22.5 Å². The van der Waals surface area contributed by atoms with E-state index in [9.17, 15) is 27.2 Å². The van der Waals surface area contributed by atoms with Crippen LogP contribution in [0.25, 0.3) is 22.5 Å². The molecule has 0 spiro atoms. The average molecular weight is 561 g/mol. The van der Waals surface area contributed by atoms with Crippen molar-refractivity contribution in [3.05, 3.63) is 81.8 Å². The fourth-order valence-corrected chi connectivity index (χ4v) is 4.80. The summed E-state index contributed by atoms with van der Waals surface area (Å²) in [5.41, 5.74) is -0.606. The third-order valence-corrected chi connectivity index (χ3v) is 6.96. The lowest BCUT2D eigenvalue weighted by Crippen LogP contribution is -2.27. The molecule has 2 atom stereocenters. The lowest BCUT2D eigenvalue weighted by molar-refractivity contribution is -0.119. The normalized spacial score (nSPS) is 17.8. The first kappa shape index (κ1) is 26.5. The second-order valence-electron chi connectivity index (χ2n) is 9.17. The quantitative estimate of drug-likeness (QED) is 0.251. The molecule has 3 aromatic heterocycles. The van der Waals surface area contributed by atoms with Gasteiger partial charge >= 0.3 is 6.55 Å². The molecule has 0 saturated heterocycles. The van der Waals surface area contributed by atoms with Crippen LogP contribution in [-0.2, 0) is 4.79 Å². The number of aromatic nitrogens is 5. The summed E-state index contributed by atoms with van der Waals surface area (Å²) in [7, 11) is 0. The summed E-state index contributed by atoms with van der Waals surface area (Å²) in [5.74, 6) is -2.80. The van der Waals surface area contributed by atoms with Crippen LogP contribution in [0.3, 0.4) is 0 Å². The fraction of sp³-hybridized carbons (Fsp3) is 0.269. The Morgan fingerprint density at radius 2 is 1.90 bits per heavy atom. The van der Waals surface area contributed by atoms with Crippen LogP contribution < -0.4 is 10.9 Å². The van der Waals surface area contributed by atoms with Gasteiger partial charge in [-0.3, -0.25) is 19.1 Å². The molecule has 1 N–H and O–H groups in total. The van der Waals surface area contributed by atoms with Gasteiger partial charge in [0.15, 0.2) is 5.82 Å². The molecule has 1 aliphatic heterocycles. The molecule has 202 valence electrons. The van der Waals surface area contributed by atoms with Crippen LogP contribution >= 0.6 is 11.6 Å². The maximum atomic E-state index is 14.6. The minimum atomic E-state index is -2.98. The summed E-state index contributed by atoms with van der Waals surface area (Å²) in [6.07, 6.45) is 5.00. The Morgan fingerprint density at radius 3 is 2.64 bits per heavy atom. The van der Waals surface area contributed by atoms with Gasteiger partial charge < -0.3 is 5.32 Å². The molecule has 1 aliphatic rings. The second kappa shape index (κ2) is 10.6. The predicted molar refractivity (Wildman–Crippen MR) is 135 cm³/mol. The molecule has 4 aromatic rings. The first-order valence-corrected chi connectivity index (χ1v) is 12.4. The van der Waals surface area contributed by atoms with E-state index in [1.54, 1.807) is 6.92 Å². The summed E-state index contributed by atoms with van der Waals surface area (Å²) in [5, 5.41) is 6.11. The van der Waals surface area contributed by atoms with E-state index in [1.165, 1.54) is 22.9 Å². The van der Waals surface area contributed by atoms with Gasteiger partial charge in [0.2, 0.25) is 5.91 Å². The van der Waals surface area contributed by atoms with Crippen LogP contribution in [0.4, 0.5) is 23.2 Å². The van der Waals surface area contributed by atoms with E-state index in [1.807, 2.05) is 0 Å². The molecule has 1 amide bonds.